The highest BCUT2D eigenvalue weighted by Crippen LogP contribution is 2.26. The van der Waals surface area contributed by atoms with Gasteiger partial charge in [0.05, 0.1) is 18.0 Å². The van der Waals surface area contributed by atoms with Crippen LogP contribution in [-0.2, 0) is 14.8 Å². The Morgan fingerprint density at radius 3 is 2.34 bits per heavy atom. The third-order valence-electron chi connectivity index (χ3n) is 4.66. The number of benzene rings is 2. The standard InChI is InChI=1S/C22H30N2O4S/c1-15-11-12-16(2)20(13-15)24(29(6,26)27)19(5)22(25)23-18(4)14-28-21-10-8-7-9-17(21)3/h7-13,18-19H,14H2,1-6H3,(H,23,25)/t18-,19-/m0/s1. The number of aryl methyl sites for hydroxylation is 3. The van der Waals surface area contributed by atoms with Gasteiger partial charge in [0.25, 0.3) is 0 Å². The minimum atomic E-state index is -3.66. The fourth-order valence-electron chi connectivity index (χ4n) is 3.08. The van der Waals surface area contributed by atoms with Crippen LogP contribution in [0.25, 0.3) is 0 Å². The van der Waals surface area contributed by atoms with Gasteiger partial charge in [0.1, 0.15) is 18.4 Å². The van der Waals surface area contributed by atoms with Crippen molar-refractivity contribution >= 4 is 21.6 Å². The van der Waals surface area contributed by atoms with Crippen molar-refractivity contribution in [1.82, 2.24) is 5.32 Å². The van der Waals surface area contributed by atoms with E-state index in [9.17, 15) is 13.2 Å². The van der Waals surface area contributed by atoms with Crippen LogP contribution in [0.4, 0.5) is 5.69 Å². The van der Waals surface area contributed by atoms with E-state index in [1.165, 1.54) is 4.31 Å². The summed E-state index contributed by atoms with van der Waals surface area (Å²) in [4.78, 5) is 12.8. The number of sulfonamides is 1. The first-order valence-electron chi connectivity index (χ1n) is 9.56. The van der Waals surface area contributed by atoms with Crippen molar-refractivity contribution in [2.24, 2.45) is 0 Å². The van der Waals surface area contributed by atoms with Crippen LogP contribution in [-0.4, -0.2) is 39.3 Å². The van der Waals surface area contributed by atoms with E-state index in [1.54, 1.807) is 13.0 Å². The molecule has 0 heterocycles. The van der Waals surface area contributed by atoms with E-state index >= 15 is 0 Å². The second kappa shape index (κ2) is 9.31. The molecular formula is C22H30N2O4S. The third-order valence-corrected chi connectivity index (χ3v) is 5.89. The normalized spacial score (nSPS) is 13.4. The second-order valence-corrected chi connectivity index (χ2v) is 9.37. The van der Waals surface area contributed by atoms with Crippen LogP contribution in [0.3, 0.4) is 0 Å². The van der Waals surface area contributed by atoms with Crippen molar-refractivity contribution < 1.29 is 17.9 Å². The molecule has 0 bridgehead atoms. The Morgan fingerprint density at radius 2 is 1.72 bits per heavy atom. The van der Waals surface area contributed by atoms with Gasteiger partial charge in [-0.25, -0.2) is 8.42 Å². The Kier molecular flexibility index (Phi) is 7.30. The number of amides is 1. The van der Waals surface area contributed by atoms with Crippen LogP contribution in [0.1, 0.15) is 30.5 Å². The number of para-hydroxylation sites is 1. The number of anilines is 1. The molecule has 6 nitrogen and oxygen atoms in total. The molecule has 2 aromatic rings. The predicted molar refractivity (Wildman–Crippen MR) is 117 cm³/mol. The summed E-state index contributed by atoms with van der Waals surface area (Å²) in [6.45, 7) is 9.37. The van der Waals surface area contributed by atoms with Gasteiger partial charge in [0, 0.05) is 0 Å². The fourth-order valence-corrected chi connectivity index (χ4v) is 4.30. The lowest BCUT2D eigenvalue weighted by molar-refractivity contribution is -0.122. The molecule has 0 aliphatic heterocycles. The van der Waals surface area contributed by atoms with Crippen LogP contribution in [0.15, 0.2) is 42.5 Å². The number of hydrogen-bond donors (Lipinski definition) is 1. The molecule has 0 aliphatic carbocycles. The molecule has 0 saturated carbocycles. The molecule has 158 valence electrons. The van der Waals surface area contributed by atoms with Crippen molar-refractivity contribution in [2.45, 2.75) is 46.7 Å². The minimum absolute atomic E-state index is 0.283. The highest BCUT2D eigenvalue weighted by atomic mass is 32.2. The molecule has 0 aromatic heterocycles. The highest BCUT2D eigenvalue weighted by molar-refractivity contribution is 7.92. The Bertz CT molecular complexity index is 973. The molecule has 29 heavy (non-hydrogen) atoms. The molecule has 7 heteroatoms. The molecule has 0 aliphatic rings. The number of ether oxygens (including phenoxy) is 1. The van der Waals surface area contributed by atoms with Crippen LogP contribution in [0.5, 0.6) is 5.75 Å². The first kappa shape index (κ1) is 22.7. The van der Waals surface area contributed by atoms with Gasteiger partial charge in [0.2, 0.25) is 15.9 Å². The van der Waals surface area contributed by atoms with E-state index in [-0.39, 0.29) is 18.6 Å². The van der Waals surface area contributed by atoms with Crippen molar-refractivity contribution in [3.05, 3.63) is 59.2 Å². The molecule has 2 rings (SSSR count). The Hall–Kier alpha value is -2.54. The van der Waals surface area contributed by atoms with Gasteiger partial charge in [-0.15, -0.1) is 0 Å². The molecular weight excluding hydrogens is 388 g/mol. The molecule has 1 amide bonds. The van der Waals surface area contributed by atoms with E-state index < -0.39 is 16.1 Å². The topological polar surface area (TPSA) is 75.7 Å². The van der Waals surface area contributed by atoms with E-state index in [0.717, 1.165) is 28.7 Å². The maximum Gasteiger partial charge on any atom is 0.243 e. The van der Waals surface area contributed by atoms with Gasteiger partial charge >= 0.3 is 0 Å². The van der Waals surface area contributed by atoms with Crippen molar-refractivity contribution in [3.8, 4) is 5.75 Å². The molecule has 0 radical (unpaired) electrons. The van der Waals surface area contributed by atoms with Crippen molar-refractivity contribution in [3.63, 3.8) is 0 Å². The number of hydrogen-bond acceptors (Lipinski definition) is 4. The Balaban J connectivity index is 2.13. The number of rotatable bonds is 8. The predicted octanol–water partition coefficient (Wildman–Crippen LogP) is 3.35. The maximum absolute atomic E-state index is 12.8. The molecule has 2 aromatic carbocycles. The van der Waals surface area contributed by atoms with Crippen molar-refractivity contribution in [2.75, 3.05) is 17.2 Å². The summed E-state index contributed by atoms with van der Waals surface area (Å²) < 4.78 is 32.0. The maximum atomic E-state index is 12.8. The van der Waals surface area contributed by atoms with Gasteiger partial charge in [-0.3, -0.25) is 9.10 Å². The monoisotopic (exact) mass is 418 g/mol. The van der Waals surface area contributed by atoms with Gasteiger partial charge in [0.15, 0.2) is 0 Å². The summed E-state index contributed by atoms with van der Waals surface area (Å²) in [5, 5.41) is 2.86. The zero-order valence-electron chi connectivity index (χ0n) is 17.9. The summed E-state index contributed by atoms with van der Waals surface area (Å²) >= 11 is 0. The van der Waals surface area contributed by atoms with E-state index in [4.69, 9.17) is 4.74 Å². The lowest BCUT2D eigenvalue weighted by Crippen LogP contribution is -2.51. The van der Waals surface area contributed by atoms with Crippen LogP contribution in [0.2, 0.25) is 0 Å². The van der Waals surface area contributed by atoms with Crippen LogP contribution >= 0.6 is 0 Å². The first-order chi connectivity index (χ1) is 13.5. The van der Waals surface area contributed by atoms with E-state index in [2.05, 4.69) is 5.32 Å². The fraction of sp³-hybridized carbons (Fsp3) is 0.409. The highest BCUT2D eigenvalue weighted by Gasteiger charge is 2.30. The molecule has 0 saturated heterocycles. The quantitative estimate of drug-likeness (QED) is 0.713. The summed E-state index contributed by atoms with van der Waals surface area (Å²) in [5.41, 5.74) is 3.24. The number of carbonyl (C=O) groups is 1. The Morgan fingerprint density at radius 1 is 1.07 bits per heavy atom. The lowest BCUT2D eigenvalue weighted by atomic mass is 10.1. The summed E-state index contributed by atoms with van der Waals surface area (Å²) in [6.07, 6.45) is 1.11. The molecule has 1 N–H and O–H groups in total. The molecule has 0 spiro atoms. The van der Waals surface area contributed by atoms with Crippen LogP contribution in [0, 0.1) is 20.8 Å². The zero-order valence-corrected chi connectivity index (χ0v) is 18.7. The average molecular weight is 419 g/mol. The summed E-state index contributed by atoms with van der Waals surface area (Å²) in [5.74, 6) is 0.381. The van der Waals surface area contributed by atoms with Gasteiger partial charge < -0.3 is 10.1 Å². The van der Waals surface area contributed by atoms with Crippen LogP contribution < -0.4 is 14.4 Å². The first-order valence-corrected chi connectivity index (χ1v) is 11.4. The average Bonchev–Trinajstić information content (AvgIpc) is 2.63. The van der Waals surface area contributed by atoms with Crippen molar-refractivity contribution in [1.29, 1.82) is 0 Å². The number of nitrogens with one attached hydrogen (secondary N) is 1. The second-order valence-electron chi connectivity index (χ2n) is 7.51. The van der Waals surface area contributed by atoms with E-state index in [0.29, 0.717) is 5.69 Å². The zero-order chi connectivity index (χ0) is 21.8. The lowest BCUT2D eigenvalue weighted by Gasteiger charge is -2.30. The molecule has 2 atom stereocenters. The SMILES string of the molecule is Cc1ccc(C)c(N([C@@H](C)C(=O)N[C@@H](C)COc2ccccc2C)S(C)(=O)=O)c1. The molecule has 0 unspecified atom stereocenters. The summed E-state index contributed by atoms with van der Waals surface area (Å²) in [6, 6.07) is 12.0. The number of nitrogens with zero attached hydrogens (tertiary/aromatic N) is 1. The van der Waals surface area contributed by atoms with Gasteiger partial charge in [-0.05, 0) is 63.4 Å². The van der Waals surface area contributed by atoms with Gasteiger partial charge in [-0.1, -0.05) is 30.3 Å². The Labute approximate surface area is 173 Å². The minimum Gasteiger partial charge on any atom is -0.491 e. The largest absolute Gasteiger partial charge is 0.491 e. The van der Waals surface area contributed by atoms with Gasteiger partial charge in [-0.2, -0.15) is 0 Å². The smallest absolute Gasteiger partial charge is 0.243 e. The number of carbonyl (C=O) groups excluding carboxylic acids is 1. The molecule has 0 fully saturated rings. The third kappa shape index (κ3) is 5.97. The summed E-state index contributed by atoms with van der Waals surface area (Å²) in [7, 11) is -3.66. The van der Waals surface area contributed by atoms with E-state index in [1.807, 2.05) is 64.1 Å².